The SMILES string of the molecule is Cc1ccc(-c2cc(C(=O)N[C@H](C)[C@@H]3C[C@@H]4CC[C@@H]3C4)c3cc(Br)ccc3n2)c(C)c1. The summed E-state index contributed by atoms with van der Waals surface area (Å²) in [5, 5.41) is 4.24. The van der Waals surface area contributed by atoms with Gasteiger partial charge in [0.1, 0.15) is 0 Å². The summed E-state index contributed by atoms with van der Waals surface area (Å²) < 4.78 is 0.955. The van der Waals surface area contributed by atoms with Crippen molar-refractivity contribution in [2.75, 3.05) is 0 Å². The summed E-state index contributed by atoms with van der Waals surface area (Å²) in [6.45, 7) is 6.39. The van der Waals surface area contributed by atoms with Gasteiger partial charge in [0.15, 0.2) is 0 Å². The number of hydrogen-bond acceptors (Lipinski definition) is 2. The van der Waals surface area contributed by atoms with Crippen LogP contribution in [-0.2, 0) is 0 Å². The van der Waals surface area contributed by atoms with E-state index < -0.39 is 0 Å². The number of amides is 1. The lowest BCUT2D eigenvalue weighted by Gasteiger charge is -2.28. The van der Waals surface area contributed by atoms with Crippen molar-refractivity contribution >= 4 is 32.7 Å². The molecule has 4 atom stereocenters. The maximum atomic E-state index is 13.5. The summed E-state index contributed by atoms with van der Waals surface area (Å²) in [4.78, 5) is 18.4. The number of halogens is 1. The Hall–Kier alpha value is -2.20. The lowest BCUT2D eigenvalue weighted by molar-refractivity contribution is 0.0917. The summed E-state index contributed by atoms with van der Waals surface area (Å²) >= 11 is 3.57. The van der Waals surface area contributed by atoms with Crippen molar-refractivity contribution in [3.63, 3.8) is 0 Å². The molecule has 2 aliphatic rings. The van der Waals surface area contributed by atoms with Crippen LogP contribution in [0.3, 0.4) is 0 Å². The van der Waals surface area contributed by atoms with Gasteiger partial charge in [-0.25, -0.2) is 4.98 Å². The maximum Gasteiger partial charge on any atom is 0.252 e. The molecule has 2 aliphatic carbocycles. The first-order valence-corrected chi connectivity index (χ1v) is 12.2. The molecule has 0 saturated heterocycles. The summed E-state index contributed by atoms with van der Waals surface area (Å²) in [5.41, 5.74) is 5.87. The molecule has 0 spiro atoms. The van der Waals surface area contributed by atoms with E-state index in [4.69, 9.17) is 4.98 Å². The van der Waals surface area contributed by atoms with E-state index in [2.05, 4.69) is 60.2 Å². The van der Waals surface area contributed by atoms with Gasteiger partial charge in [-0.3, -0.25) is 4.79 Å². The third-order valence-electron chi connectivity index (χ3n) is 7.47. The normalized spacial score (nSPS) is 23.3. The standard InChI is InChI=1S/C27H29BrN2O/c1-15-4-8-21(16(2)10-15)26-14-24(23-13-20(28)7-9-25(23)30-26)27(31)29-17(3)22-12-18-5-6-19(22)11-18/h4,7-10,13-14,17-19,22H,5-6,11-12H2,1-3H3,(H,29,31)/t17-,18-,19-,22+/m1/s1. The zero-order valence-corrected chi connectivity index (χ0v) is 20.0. The maximum absolute atomic E-state index is 13.5. The number of rotatable bonds is 4. The van der Waals surface area contributed by atoms with E-state index in [0.29, 0.717) is 11.5 Å². The van der Waals surface area contributed by atoms with E-state index in [1.165, 1.54) is 36.8 Å². The summed E-state index contributed by atoms with van der Waals surface area (Å²) in [5.74, 6) is 2.28. The van der Waals surface area contributed by atoms with Crippen molar-refractivity contribution in [3.05, 3.63) is 63.6 Å². The van der Waals surface area contributed by atoms with Crippen LogP contribution in [-0.4, -0.2) is 16.9 Å². The molecule has 0 radical (unpaired) electrons. The van der Waals surface area contributed by atoms with Gasteiger partial charge in [0.25, 0.3) is 5.91 Å². The third kappa shape index (κ3) is 3.91. The smallest absolute Gasteiger partial charge is 0.252 e. The molecule has 2 fully saturated rings. The number of pyridine rings is 1. The number of hydrogen-bond donors (Lipinski definition) is 1. The summed E-state index contributed by atoms with van der Waals surface area (Å²) in [7, 11) is 0. The molecule has 1 N–H and O–H groups in total. The van der Waals surface area contributed by atoms with Crippen LogP contribution in [0, 0.1) is 31.6 Å². The molecule has 2 bridgehead atoms. The first kappa shape index (κ1) is 20.7. The van der Waals surface area contributed by atoms with Crippen LogP contribution in [0.2, 0.25) is 0 Å². The fourth-order valence-corrected chi connectivity index (χ4v) is 6.28. The number of nitrogens with one attached hydrogen (secondary N) is 1. The molecule has 5 rings (SSSR count). The zero-order chi connectivity index (χ0) is 21.7. The average molecular weight is 477 g/mol. The van der Waals surface area contributed by atoms with Gasteiger partial charge in [0.2, 0.25) is 0 Å². The first-order valence-electron chi connectivity index (χ1n) is 11.4. The minimum absolute atomic E-state index is 0.00629. The van der Waals surface area contributed by atoms with E-state index in [0.717, 1.165) is 38.5 Å². The van der Waals surface area contributed by atoms with Crippen LogP contribution in [0.5, 0.6) is 0 Å². The van der Waals surface area contributed by atoms with E-state index in [1.807, 2.05) is 24.3 Å². The molecule has 3 aromatic rings. The highest BCUT2D eigenvalue weighted by Crippen LogP contribution is 2.49. The lowest BCUT2D eigenvalue weighted by atomic mass is 9.84. The van der Waals surface area contributed by atoms with Crippen molar-refractivity contribution in [3.8, 4) is 11.3 Å². The monoisotopic (exact) mass is 476 g/mol. The van der Waals surface area contributed by atoms with Crippen LogP contribution in [0.4, 0.5) is 0 Å². The zero-order valence-electron chi connectivity index (χ0n) is 18.4. The molecule has 1 amide bonds. The molecular weight excluding hydrogens is 448 g/mol. The van der Waals surface area contributed by atoms with Crippen LogP contribution < -0.4 is 5.32 Å². The Kier molecular flexibility index (Phi) is 5.37. The van der Waals surface area contributed by atoms with Gasteiger partial charge in [0, 0.05) is 21.5 Å². The number of nitrogens with zero attached hydrogens (tertiary/aromatic N) is 1. The highest BCUT2D eigenvalue weighted by Gasteiger charge is 2.42. The van der Waals surface area contributed by atoms with Crippen molar-refractivity contribution in [1.82, 2.24) is 10.3 Å². The first-order chi connectivity index (χ1) is 14.9. The van der Waals surface area contributed by atoms with E-state index in [1.54, 1.807) is 0 Å². The molecule has 0 aliphatic heterocycles. The molecule has 2 saturated carbocycles. The van der Waals surface area contributed by atoms with Crippen LogP contribution >= 0.6 is 15.9 Å². The minimum Gasteiger partial charge on any atom is -0.349 e. The van der Waals surface area contributed by atoms with Gasteiger partial charge in [-0.05, 0) is 87.6 Å². The molecule has 4 heteroatoms. The lowest BCUT2D eigenvalue weighted by Crippen LogP contribution is -2.40. The molecule has 160 valence electrons. The van der Waals surface area contributed by atoms with Crippen molar-refractivity contribution in [2.24, 2.45) is 17.8 Å². The Bertz CT molecular complexity index is 1170. The fourth-order valence-electron chi connectivity index (χ4n) is 5.92. The van der Waals surface area contributed by atoms with E-state index in [9.17, 15) is 4.79 Å². The van der Waals surface area contributed by atoms with Crippen LogP contribution in [0.15, 0.2) is 46.9 Å². The largest absolute Gasteiger partial charge is 0.349 e. The Morgan fingerprint density at radius 3 is 2.65 bits per heavy atom. The Morgan fingerprint density at radius 1 is 1.10 bits per heavy atom. The van der Waals surface area contributed by atoms with Crippen LogP contribution in [0.25, 0.3) is 22.2 Å². The Morgan fingerprint density at radius 2 is 1.94 bits per heavy atom. The predicted molar refractivity (Wildman–Crippen MR) is 130 cm³/mol. The topological polar surface area (TPSA) is 42.0 Å². The van der Waals surface area contributed by atoms with Crippen LogP contribution in [0.1, 0.15) is 54.1 Å². The number of carbonyl (C=O) groups excluding carboxylic acids is 1. The summed E-state index contributed by atoms with van der Waals surface area (Å²) in [6, 6.07) is 14.5. The van der Waals surface area contributed by atoms with E-state index in [-0.39, 0.29) is 11.9 Å². The number of aromatic nitrogens is 1. The molecule has 1 aromatic heterocycles. The third-order valence-corrected chi connectivity index (χ3v) is 7.96. The molecule has 1 heterocycles. The summed E-state index contributed by atoms with van der Waals surface area (Å²) in [6.07, 6.45) is 5.33. The van der Waals surface area contributed by atoms with Crippen molar-refractivity contribution in [2.45, 2.75) is 52.5 Å². The molecule has 3 nitrogen and oxygen atoms in total. The Balaban J connectivity index is 1.53. The van der Waals surface area contributed by atoms with Gasteiger partial charge in [-0.15, -0.1) is 0 Å². The van der Waals surface area contributed by atoms with Gasteiger partial charge in [-0.1, -0.05) is 46.1 Å². The number of benzene rings is 2. The highest BCUT2D eigenvalue weighted by atomic mass is 79.9. The van der Waals surface area contributed by atoms with Crippen molar-refractivity contribution < 1.29 is 4.79 Å². The minimum atomic E-state index is 0.00629. The average Bonchev–Trinajstić information content (AvgIpc) is 3.37. The van der Waals surface area contributed by atoms with Gasteiger partial charge < -0.3 is 5.32 Å². The number of carbonyl (C=O) groups is 1. The molecular formula is C27H29BrN2O. The molecule has 2 aromatic carbocycles. The Labute approximate surface area is 192 Å². The highest BCUT2D eigenvalue weighted by molar-refractivity contribution is 9.10. The second-order valence-electron chi connectivity index (χ2n) is 9.64. The second kappa shape index (κ2) is 8.05. The van der Waals surface area contributed by atoms with Gasteiger partial charge in [-0.2, -0.15) is 0 Å². The van der Waals surface area contributed by atoms with Gasteiger partial charge >= 0.3 is 0 Å². The quantitative estimate of drug-likeness (QED) is 0.447. The molecule has 0 unspecified atom stereocenters. The van der Waals surface area contributed by atoms with Gasteiger partial charge in [0.05, 0.1) is 16.8 Å². The second-order valence-corrected chi connectivity index (χ2v) is 10.6. The predicted octanol–water partition coefficient (Wildman–Crippen LogP) is 6.84. The number of fused-ring (bicyclic) bond motifs is 3. The number of aryl methyl sites for hydroxylation is 2. The fraction of sp³-hybridized carbons (Fsp3) is 0.407. The van der Waals surface area contributed by atoms with E-state index >= 15 is 0 Å². The molecule has 31 heavy (non-hydrogen) atoms. The van der Waals surface area contributed by atoms with Crippen molar-refractivity contribution in [1.29, 1.82) is 0 Å².